The van der Waals surface area contributed by atoms with Crippen molar-refractivity contribution in [2.75, 3.05) is 11.5 Å². The summed E-state index contributed by atoms with van der Waals surface area (Å²) in [6.45, 7) is 0. The van der Waals surface area contributed by atoms with Crippen LogP contribution in [0.3, 0.4) is 0 Å². The zero-order valence-corrected chi connectivity index (χ0v) is 11.6. The molecule has 0 N–H and O–H groups in total. The smallest absolute Gasteiger partial charge is 0.00783 e. The van der Waals surface area contributed by atoms with E-state index in [-0.39, 0.29) is 0 Å². The molecule has 0 aliphatic heterocycles. The van der Waals surface area contributed by atoms with Crippen molar-refractivity contribution in [2.24, 2.45) is 0 Å². The molecule has 17 heavy (non-hydrogen) atoms. The first-order valence-corrected chi connectivity index (χ1v) is 7.74. The predicted molar refractivity (Wildman–Crippen MR) is 82.4 cm³/mol. The molecule has 0 unspecified atom stereocenters. The van der Waals surface area contributed by atoms with Crippen LogP contribution in [0.25, 0.3) is 10.8 Å². The molecule has 0 heterocycles. The van der Waals surface area contributed by atoms with Gasteiger partial charge in [-0.3, -0.25) is 0 Å². The summed E-state index contributed by atoms with van der Waals surface area (Å²) < 4.78 is 0. The number of rotatable bonds is 6. The van der Waals surface area contributed by atoms with E-state index in [1.165, 1.54) is 40.7 Å². The molecule has 90 valence electrons. The number of thiol groups is 1. The summed E-state index contributed by atoms with van der Waals surface area (Å²) in [6, 6.07) is 15.3. The van der Waals surface area contributed by atoms with Gasteiger partial charge in [-0.15, -0.1) is 11.8 Å². The van der Waals surface area contributed by atoms with Gasteiger partial charge < -0.3 is 0 Å². The van der Waals surface area contributed by atoms with Crippen molar-refractivity contribution in [1.29, 1.82) is 0 Å². The van der Waals surface area contributed by atoms with Gasteiger partial charge in [0.05, 0.1) is 0 Å². The van der Waals surface area contributed by atoms with Crippen LogP contribution in [0.15, 0.2) is 47.4 Å². The van der Waals surface area contributed by atoms with Crippen molar-refractivity contribution < 1.29 is 0 Å². The van der Waals surface area contributed by atoms with Crippen molar-refractivity contribution in [3.8, 4) is 0 Å². The molecule has 2 aromatic rings. The zero-order valence-electron chi connectivity index (χ0n) is 9.93. The number of benzene rings is 2. The Kier molecular flexibility index (Phi) is 5.27. The third kappa shape index (κ3) is 3.97. The van der Waals surface area contributed by atoms with Gasteiger partial charge in [0.15, 0.2) is 0 Å². The molecule has 0 aliphatic carbocycles. The second kappa shape index (κ2) is 6.97. The van der Waals surface area contributed by atoms with E-state index in [1.807, 2.05) is 11.8 Å². The molecule has 2 rings (SSSR count). The number of thioether (sulfide) groups is 1. The Labute approximate surface area is 113 Å². The first kappa shape index (κ1) is 12.8. The lowest BCUT2D eigenvalue weighted by atomic mass is 10.1. The SMILES string of the molecule is SCCCCCSc1ccc2ccccc2c1. The summed E-state index contributed by atoms with van der Waals surface area (Å²) in [5.74, 6) is 2.23. The highest BCUT2D eigenvalue weighted by atomic mass is 32.2. The Bertz CT molecular complexity index is 465. The first-order chi connectivity index (χ1) is 8.40. The molecule has 2 aromatic carbocycles. The van der Waals surface area contributed by atoms with Gasteiger partial charge in [-0.2, -0.15) is 12.6 Å². The van der Waals surface area contributed by atoms with Crippen LogP contribution < -0.4 is 0 Å². The van der Waals surface area contributed by atoms with Gasteiger partial charge in [0, 0.05) is 4.90 Å². The molecule has 0 nitrogen and oxygen atoms in total. The lowest BCUT2D eigenvalue weighted by Gasteiger charge is -2.03. The van der Waals surface area contributed by atoms with Gasteiger partial charge in [-0.25, -0.2) is 0 Å². The van der Waals surface area contributed by atoms with E-state index in [2.05, 4.69) is 55.1 Å². The summed E-state index contributed by atoms with van der Waals surface area (Å²) in [5.41, 5.74) is 0. The van der Waals surface area contributed by atoms with Crippen LogP contribution in [-0.2, 0) is 0 Å². The average molecular weight is 262 g/mol. The van der Waals surface area contributed by atoms with Crippen LogP contribution in [0.2, 0.25) is 0 Å². The molecular formula is C15H18S2. The second-order valence-corrected chi connectivity index (χ2v) is 5.76. The van der Waals surface area contributed by atoms with Crippen LogP contribution >= 0.6 is 24.4 Å². The van der Waals surface area contributed by atoms with Gasteiger partial charge >= 0.3 is 0 Å². The number of hydrogen-bond donors (Lipinski definition) is 1. The number of unbranched alkanes of at least 4 members (excludes halogenated alkanes) is 2. The van der Waals surface area contributed by atoms with Gasteiger partial charge in [0.1, 0.15) is 0 Å². The van der Waals surface area contributed by atoms with E-state index < -0.39 is 0 Å². The summed E-state index contributed by atoms with van der Waals surface area (Å²) in [7, 11) is 0. The summed E-state index contributed by atoms with van der Waals surface area (Å²) in [6.07, 6.45) is 3.82. The molecule has 0 spiro atoms. The lowest BCUT2D eigenvalue weighted by molar-refractivity contribution is 0.787. The molecule has 0 aliphatic rings. The van der Waals surface area contributed by atoms with E-state index in [0.717, 1.165) is 5.75 Å². The highest BCUT2D eigenvalue weighted by molar-refractivity contribution is 7.99. The van der Waals surface area contributed by atoms with Crippen LogP contribution in [0, 0.1) is 0 Å². The van der Waals surface area contributed by atoms with E-state index in [4.69, 9.17) is 0 Å². The molecule has 0 bridgehead atoms. The fourth-order valence-corrected chi connectivity index (χ4v) is 3.02. The van der Waals surface area contributed by atoms with E-state index >= 15 is 0 Å². The standard InChI is InChI=1S/C15H18S2/c16-10-4-1-5-11-17-15-9-8-13-6-2-3-7-14(13)12-15/h2-3,6-9,12,16H,1,4-5,10-11H2. The maximum absolute atomic E-state index is 4.23. The Morgan fingerprint density at radius 2 is 1.71 bits per heavy atom. The molecular weight excluding hydrogens is 244 g/mol. The van der Waals surface area contributed by atoms with Crippen LogP contribution in [0.4, 0.5) is 0 Å². The third-order valence-electron chi connectivity index (χ3n) is 2.79. The molecule has 0 atom stereocenters. The predicted octanol–water partition coefficient (Wildman–Crippen LogP) is 5.03. The van der Waals surface area contributed by atoms with Crippen molar-refractivity contribution in [3.63, 3.8) is 0 Å². The number of hydrogen-bond acceptors (Lipinski definition) is 2. The Morgan fingerprint density at radius 1 is 0.882 bits per heavy atom. The largest absolute Gasteiger partial charge is 0.179 e. The van der Waals surface area contributed by atoms with Gasteiger partial charge in [0.2, 0.25) is 0 Å². The lowest BCUT2D eigenvalue weighted by Crippen LogP contribution is -1.82. The third-order valence-corrected chi connectivity index (χ3v) is 4.19. The van der Waals surface area contributed by atoms with E-state index in [9.17, 15) is 0 Å². The molecule has 2 heteroatoms. The fraction of sp³-hybridized carbons (Fsp3) is 0.333. The van der Waals surface area contributed by atoms with Crippen molar-refractivity contribution in [3.05, 3.63) is 42.5 Å². The molecule has 0 radical (unpaired) electrons. The fourth-order valence-electron chi connectivity index (χ4n) is 1.84. The van der Waals surface area contributed by atoms with E-state index in [1.54, 1.807) is 0 Å². The Hall–Kier alpha value is -0.600. The van der Waals surface area contributed by atoms with Crippen molar-refractivity contribution >= 4 is 35.2 Å². The second-order valence-electron chi connectivity index (χ2n) is 4.14. The van der Waals surface area contributed by atoms with Crippen molar-refractivity contribution in [1.82, 2.24) is 0 Å². The van der Waals surface area contributed by atoms with Crippen LogP contribution in [0.1, 0.15) is 19.3 Å². The molecule has 0 aromatic heterocycles. The maximum atomic E-state index is 4.23. The zero-order chi connectivity index (χ0) is 11.9. The minimum absolute atomic E-state index is 1.01. The maximum Gasteiger partial charge on any atom is 0.00783 e. The van der Waals surface area contributed by atoms with Gasteiger partial charge in [-0.1, -0.05) is 36.8 Å². The van der Waals surface area contributed by atoms with Crippen molar-refractivity contribution in [2.45, 2.75) is 24.2 Å². The van der Waals surface area contributed by atoms with Crippen LogP contribution in [-0.4, -0.2) is 11.5 Å². The van der Waals surface area contributed by atoms with Gasteiger partial charge in [-0.05, 0) is 47.3 Å². The summed E-state index contributed by atoms with van der Waals surface area (Å²) in [4.78, 5) is 1.38. The highest BCUT2D eigenvalue weighted by Crippen LogP contribution is 2.24. The molecule has 0 saturated carbocycles. The summed E-state index contributed by atoms with van der Waals surface area (Å²) in [5, 5.41) is 2.67. The summed E-state index contributed by atoms with van der Waals surface area (Å²) >= 11 is 6.19. The highest BCUT2D eigenvalue weighted by Gasteiger charge is 1.97. The van der Waals surface area contributed by atoms with E-state index in [0.29, 0.717) is 0 Å². The minimum Gasteiger partial charge on any atom is -0.179 e. The normalized spacial score (nSPS) is 10.9. The Balaban J connectivity index is 1.90. The Morgan fingerprint density at radius 3 is 2.53 bits per heavy atom. The average Bonchev–Trinajstić information content (AvgIpc) is 2.38. The molecule has 0 amide bonds. The molecule has 0 fully saturated rings. The minimum atomic E-state index is 1.01. The molecule has 0 saturated heterocycles. The topological polar surface area (TPSA) is 0 Å². The number of fused-ring (bicyclic) bond motifs is 1. The van der Waals surface area contributed by atoms with Crippen LogP contribution in [0.5, 0.6) is 0 Å². The monoisotopic (exact) mass is 262 g/mol. The van der Waals surface area contributed by atoms with Gasteiger partial charge in [0.25, 0.3) is 0 Å². The first-order valence-electron chi connectivity index (χ1n) is 6.12. The quantitative estimate of drug-likeness (QED) is 0.433.